The molecule has 0 atom stereocenters. The lowest BCUT2D eigenvalue weighted by Gasteiger charge is -2.03. The Balaban J connectivity index is 2.05. The van der Waals surface area contributed by atoms with Crippen molar-refractivity contribution in [3.63, 3.8) is 0 Å². The Morgan fingerprint density at radius 1 is 1.11 bits per heavy atom. The molecule has 4 nitrogen and oxygen atoms in total. The maximum absolute atomic E-state index is 5.79. The smallest absolute Gasteiger partial charge is 0.160 e. The molecule has 0 aliphatic rings. The van der Waals surface area contributed by atoms with E-state index in [1.54, 1.807) is 0 Å². The van der Waals surface area contributed by atoms with E-state index < -0.39 is 0 Å². The lowest BCUT2D eigenvalue weighted by atomic mass is 10.1. The van der Waals surface area contributed by atoms with E-state index in [0.29, 0.717) is 12.1 Å². The number of rotatable bonds is 2. The summed E-state index contributed by atoms with van der Waals surface area (Å²) in [5, 5.41) is 8.34. The van der Waals surface area contributed by atoms with Gasteiger partial charge in [0.25, 0.3) is 0 Å². The van der Waals surface area contributed by atoms with Crippen LogP contribution in [0, 0.1) is 0 Å². The Bertz CT molecular complexity index is 705. The first kappa shape index (κ1) is 11.2. The van der Waals surface area contributed by atoms with Crippen LogP contribution in [0.25, 0.3) is 5.65 Å². The molecule has 1 aromatic carbocycles. The zero-order valence-corrected chi connectivity index (χ0v) is 11.1. The third-order valence-corrected chi connectivity index (χ3v) is 3.58. The minimum atomic E-state index is 0.704. The molecule has 0 fully saturated rings. The van der Waals surface area contributed by atoms with Gasteiger partial charge in [0.15, 0.2) is 5.65 Å². The van der Waals surface area contributed by atoms with Crippen LogP contribution in [0.1, 0.15) is 11.4 Å². The highest BCUT2D eigenvalue weighted by Crippen LogP contribution is 2.19. The fourth-order valence-corrected chi connectivity index (χ4v) is 2.31. The van der Waals surface area contributed by atoms with Crippen LogP contribution in [0.2, 0.25) is 0 Å². The largest absolute Gasteiger partial charge is 0.398 e. The number of fused-ring (bicyclic) bond motifs is 1. The number of aromatic nitrogens is 3. The molecule has 0 amide bonds. The van der Waals surface area contributed by atoms with Gasteiger partial charge in [-0.2, -0.15) is 0 Å². The quantitative estimate of drug-likeness (QED) is 0.792. The Labute approximate surface area is 113 Å². The van der Waals surface area contributed by atoms with Crippen molar-refractivity contribution in [2.75, 3.05) is 5.73 Å². The van der Waals surface area contributed by atoms with Crippen LogP contribution >= 0.6 is 15.9 Å². The van der Waals surface area contributed by atoms with Gasteiger partial charge in [0, 0.05) is 22.8 Å². The standard InChI is InChI=1S/C13H11BrN4/c14-11-4-2-1-3-9(11)7-13-17-16-12-6-5-10(15)8-18(12)13/h1-6,8H,7,15H2. The van der Waals surface area contributed by atoms with Gasteiger partial charge in [-0.05, 0) is 23.8 Å². The highest BCUT2D eigenvalue weighted by Gasteiger charge is 2.08. The Morgan fingerprint density at radius 3 is 2.78 bits per heavy atom. The molecule has 0 saturated carbocycles. The van der Waals surface area contributed by atoms with E-state index in [-0.39, 0.29) is 0 Å². The van der Waals surface area contributed by atoms with E-state index in [9.17, 15) is 0 Å². The molecular formula is C13H11BrN4. The van der Waals surface area contributed by atoms with Gasteiger partial charge in [0.2, 0.25) is 0 Å². The SMILES string of the molecule is Nc1ccc2nnc(Cc3ccccc3Br)n2c1. The summed E-state index contributed by atoms with van der Waals surface area (Å²) in [5.74, 6) is 0.879. The summed E-state index contributed by atoms with van der Waals surface area (Å²) in [6.07, 6.45) is 2.56. The van der Waals surface area contributed by atoms with E-state index in [1.165, 1.54) is 5.56 Å². The van der Waals surface area contributed by atoms with Crippen molar-refractivity contribution in [1.29, 1.82) is 0 Å². The fraction of sp³-hybridized carbons (Fsp3) is 0.0769. The van der Waals surface area contributed by atoms with Crippen molar-refractivity contribution in [1.82, 2.24) is 14.6 Å². The molecule has 0 bridgehead atoms. The minimum absolute atomic E-state index is 0.704. The molecule has 5 heteroatoms. The van der Waals surface area contributed by atoms with E-state index in [1.807, 2.05) is 40.9 Å². The maximum atomic E-state index is 5.79. The summed E-state index contributed by atoms with van der Waals surface area (Å²) in [5.41, 5.74) is 8.48. The lowest BCUT2D eigenvalue weighted by molar-refractivity contribution is 0.932. The predicted molar refractivity (Wildman–Crippen MR) is 74.3 cm³/mol. The second-order valence-corrected chi connectivity index (χ2v) is 4.93. The fourth-order valence-electron chi connectivity index (χ4n) is 1.89. The van der Waals surface area contributed by atoms with Crippen molar-refractivity contribution in [3.05, 3.63) is 58.5 Å². The van der Waals surface area contributed by atoms with Gasteiger partial charge < -0.3 is 5.73 Å². The van der Waals surface area contributed by atoms with Crippen molar-refractivity contribution < 1.29 is 0 Å². The molecule has 0 aliphatic heterocycles. The van der Waals surface area contributed by atoms with Gasteiger partial charge >= 0.3 is 0 Å². The monoisotopic (exact) mass is 302 g/mol. The number of hydrogen-bond donors (Lipinski definition) is 1. The Morgan fingerprint density at radius 2 is 1.94 bits per heavy atom. The molecule has 90 valence electrons. The van der Waals surface area contributed by atoms with Gasteiger partial charge in [-0.15, -0.1) is 10.2 Å². The Hall–Kier alpha value is -1.88. The van der Waals surface area contributed by atoms with Crippen molar-refractivity contribution in [3.8, 4) is 0 Å². The summed E-state index contributed by atoms with van der Waals surface area (Å²) < 4.78 is 3.00. The van der Waals surface area contributed by atoms with Crippen LogP contribution in [-0.2, 0) is 6.42 Å². The van der Waals surface area contributed by atoms with Gasteiger partial charge in [0.05, 0.1) is 0 Å². The van der Waals surface area contributed by atoms with Crippen molar-refractivity contribution in [2.24, 2.45) is 0 Å². The Kier molecular flexibility index (Phi) is 2.76. The summed E-state index contributed by atoms with van der Waals surface area (Å²) in [7, 11) is 0. The van der Waals surface area contributed by atoms with Crippen LogP contribution in [0.4, 0.5) is 5.69 Å². The van der Waals surface area contributed by atoms with E-state index >= 15 is 0 Å². The molecule has 0 unspecified atom stereocenters. The molecule has 0 radical (unpaired) electrons. The van der Waals surface area contributed by atoms with E-state index in [2.05, 4.69) is 32.2 Å². The van der Waals surface area contributed by atoms with Gasteiger partial charge in [-0.25, -0.2) is 0 Å². The van der Waals surface area contributed by atoms with Crippen LogP contribution in [0.15, 0.2) is 47.1 Å². The number of nitrogens with zero attached hydrogens (tertiary/aromatic N) is 3. The minimum Gasteiger partial charge on any atom is -0.398 e. The number of benzene rings is 1. The summed E-state index contributed by atoms with van der Waals surface area (Å²) in [6, 6.07) is 11.8. The molecule has 2 heterocycles. The normalized spacial score (nSPS) is 10.9. The summed E-state index contributed by atoms with van der Waals surface area (Å²) in [4.78, 5) is 0. The molecule has 0 spiro atoms. The molecule has 0 aliphatic carbocycles. The first-order valence-corrected chi connectivity index (χ1v) is 6.36. The number of nitrogen functional groups attached to an aromatic ring is 1. The van der Waals surface area contributed by atoms with Crippen LogP contribution in [0.5, 0.6) is 0 Å². The van der Waals surface area contributed by atoms with E-state index in [0.717, 1.165) is 15.9 Å². The first-order chi connectivity index (χ1) is 8.74. The molecule has 3 aromatic rings. The molecular weight excluding hydrogens is 292 g/mol. The van der Waals surface area contributed by atoms with Gasteiger partial charge in [-0.1, -0.05) is 34.1 Å². The number of halogens is 1. The topological polar surface area (TPSA) is 56.2 Å². The molecule has 2 aromatic heterocycles. The molecule has 2 N–H and O–H groups in total. The van der Waals surface area contributed by atoms with Crippen LogP contribution in [0.3, 0.4) is 0 Å². The zero-order valence-electron chi connectivity index (χ0n) is 9.55. The van der Waals surface area contributed by atoms with Gasteiger partial charge in [-0.3, -0.25) is 4.40 Å². The number of pyridine rings is 1. The van der Waals surface area contributed by atoms with Crippen LogP contribution < -0.4 is 5.73 Å². The second kappa shape index (κ2) is 4.42. The van der Waals surface area contributed by atoms with Crippen molar-refractivity contribution >= 4 is 27.3 Å². The average Bonchev–Trinajstić information content (AvgIpc) is 2.75. The number of hydrogen-bond acceptors (Lipinski definition) is 3. The van der Waals surface area contributed by atoms with Crippen molar-refractivity contribution in [2.45, 2.75) is 6.42 Å². The zero-order chi connectivity index (χ0) is 12.5. The molecule has 18 heavy (non-hydrogen) atoms. The summed E-state index contributed by atoms with van der Waals surface area (Å²) >= 11 is 3.54. The highest BCUT2D eigenvalue weighted by atomic mass is 79.9. The highest BCUT2D eigenvalue weighted by molar-refractivity contribution is 9.10. The number of anilines is 1. The van der Waals surface area contributed by atoms with Crippen LogP contribution in [-0.4, -0.2) is 14.6 Å². The third-order valence-electron chi connectivity index (χ3n) is 2.80. The van der Waals surface area contributed by atoms with Gasteiger partial charge in [0.1, 0.15) is 5.82 Å². The average molecular weight is 303 g/mol. The summed E-state index contributed by atoms with van der Waals surface area (Å²) in [6.45, 7) is 0. The van der Waals surface area contributed by atoms with E-state index in [4.69, 9.17) is 5.73 Å². The number of nitrogens with two attached hydrogens (primary N) is 1. The maximum Gasteiger partial charge on any atom is 0.160 e. The lowest BCUT2D eigenvalue weighted by Crippen LogP contribution is -1.98. The second-order valence-electron chi connectivity index (χ2n) is 4.08. The predicted octanol–water partition coefficient (Wildman–Crippen LogP) is 2.66. The molecule has 3 rings (SSSR count). The first-order valence-electron chi connectivity index (χ1n) is 5.56. The molecule has 0 saturated heterocycles. The third kappa shape index (κ3) is 1.97.